The molecule has 0 saturated heterocycles. The van der Waals surface area contributed by atoms with Gasteiger partial charge in [0.15, 0.2) is 15.5 Å². The molecule has 2 aromatic heterocycles. The summed E-state index contributed by atoms with van der Waals surface area (Å²) in [4.78, 5) is 11.7. The minimum Gasteiger partial charge on any atom is -0.259 e. The number of pyridine rings is 1. The summed E-state index contributed by atoms with van der Waals surface area (Å²) < 4.78 is 62.8. The van der Waals surface area contributed by atoms with E-state index in [9.17, 15) is 21.6 Å². The second kappa shape index (κ2) is 7.55. The van der Waals surface area contributed by atoms with Crippen LogP contribution < -0.4 is 5.32 Å². The topological polar surface area (TPSA) is 86.9 Å². The fourth-order valence-corrected chi connectivity index (χ4v) is 2.95. The molecule has 0 fully saturated rings. The molecule has 0 spiro atoms. The van der Waals surface area contributed by atoms with E-state index >= 15 is 0 Å². The summed E-state index contributed by atoms with van der Waals surface area (Å²) in [5, 5.41) is 4.01. The minimum absolute atomic E-state index is 0.0119. The van der Waals surface area contributed by atoms with E-state index in [0.29, 0.717) is 11.3 Å². The van der Waals surface area contributed by atoms with Crippen molar-refractivity contribution in [3.05, 3.63) is 66.1 Å². The summed E-state index contributed by atoms with van der Waals surface area (Å²) >= 11 is 0. The van der Waals surface area contributed by atoms with E-state index in [-0.39, 0.29) is 23.1 Å². The molecular formula is C18H14F3N4O2S. The zero-order valence-electron chi connectivity index (χ0n) is 14.6. The number of halogens is 3. The molecule has 28 heavy (non-hydrogen) atoms. The van der Waals surface area contributed by atoms with E-state index in [1.54, 1.807) is 24.4 Å². The number of nitrogens with zero attached hydrogens (tertiary/aromatic N) is 4. The van der Waals surface area contributed by atoms with Gasteiger partial charge in [0.1, 0.15) is 0 Å². The second-order valence-corrected chi connectivity index (χ2v) is 7.89. The third kappa shape index (κ3) is 4.83. The molecule has 2 heterocycles. The summed E-state index contributed by atoms with van der Waals surface area (Å²) in [5.74, 6) is -0.331. The number of hydrogen-bond donors (Lipinski definition) is 0. The highest BCUT2D eigenvalue weighted by atomic mass is 32.2. The Morgan fingerprint density at radius 3 is 2.32 bits per heavy atom. The number of rotatable bonds is 5. The first-order valence-corrected chi connectivity index (χ1v) is 9.86. The first-order chi connectivity index (χ1) is 13.1. The highest BCUT2D eigenvalue weighted by molar-refractivity contribution is 7.90. The van der Waals surface area contributed by atoms with Crippen LogP contribution in [0, 0.1) is 0 Å². The van der Waals surface area contributed by atoms with Crippen LogP contribution in [0.4, 0.5) is 19.1 Å². The van der Waals surface area contributed by atoms with Gasteiger partial charge >= 0.3 is 6.18 Å². The number of aromatic nitrogens is 3. The van der Waals surface area contributed by atoms with Gasteiger partial charge in [-0.1, -0.05) is 18.2 Å². The van der Waals surface area contributed by atoms with E-state index < -0.39 is 21.7 Å². The first-order valence-electron chi connectivity index (χ1n) is 7.97. The Morgan fingerprint density at radius 2 is 1.75 bits per heavy atom. The molecular weight excluding hydrogens is 393 g/mol. The lowest BCUT2D eigenvalue weighted by atomic mass is 10.1. The Labute approximate surface area is 159 Å². The molecule has 0 aliphatic heterocycles. The summed E-state index contributed by atoms with van der Waals surface area (Å²) in [5.41, 5.74) is -0.274. The first kappa shape index (κ1) is 19.7. The maximum atomic E-state index is 13.2. The zero-order chi connectivity index (χ0) is 20.4. The van der Waals surface area contributed by atoms with Crippen LogP contribution in [0.15, 0.2) is 59.6 Å². The fourth-order valence-electron chi connectivity index (χ4n) is 2.31. The van der Waals surface area contributed by atoms with E-state index in [4.69, 9.17) is 0 Å². The molecule has 6 nitrogen and oxygen atoms in total. The van der Waals surface area contributed by atoms with Crippen molar-refractivity contribution in [2.45, 2.75) is 17.6 Å². The van der Waals surface area contributed by atoms with Gasteiger partial charge < -0.3 is 0 Å². The standard InChI is InChI=1S/C18H14F3N4O2S/c1-28(26,27)14-7-5-12(6-8-14)15-10-16(18(19,20)21)25-17(24-15)23-11-13-4-2-3-9-22-13/h2-10H,11H2,1H3. The molecule has 0 amide bonds. The van der Waals surface area contributed by atoms with Crippen LogP contribution in [-0.2, 0) is 22.6 Å². The Morgan fingerprint density at radius 1 is 1.04 bits per heavy atom. The van der Waals surface area contributed by atoms with E-state index in [0.717, 1.165) is 12.3 Å². The molecule has 10 heteroatoms. The SMILES string of the molecule is CS(=O)(=O)c1ccc(-c2cc(C(F)(F)F)nc([N]Cc3ccccn3)n2)cc1. The summed E-state index contributed by atoms with van der Waals surface area (Å²) in [6.45, 7) is 0.0224. The van der Waals surface area contributed by atoms with Crippen LogP contribution >= 0.6 is 0 Å². The molecule has 0 unspecified atom stereocenters. The molecule has 0 atom stereocenters. The Hall–Kier alpha value is -3.01. The predicted octanol–water partition coefficient (Wildman–Crippen LogP) is 3.40. The summed E-state index contributed by atoms with van der Waals surface area (Å²) in [7, 11) is -3.42. The van der Waals surface area contributed by atoms with Crippen molar-refractivity contribution < 1.29 is 21.6 Å². The van der Waals surface area contributed by atoms with Crippen molar-refractivity contribution >= 4 is 15.8 Å². The number of benzene rings is 1. The van der Waals surface area contributed by atoms with Crippen LogP contribution in [0.1, 0.15) is 11.4 Å². The molecule has 0 bridgehead atoms. The van der Waals surface area contributed by atoms with Crippen molar-refractivity contribution in [3.63, 3.8) is 0 Å². The van der Waals surface area contributed by atoms with Gasteiger partial charge in [0, 0.05) is 18.0 Å². The van der Waals surface area contributed by atoms with Crippen LogP contribution in [0.5, 0.6) is 0 Å². The Balaban J connectivity index is 1.96. The minimum atomic E-state index is -4.68. The smallest absolute Gasteiger partial charge is 0.259 e. The van der Waals surface area contributed by atoms with Gasteiger partial charge in [-0.2, -0.15) is 13.2 Å². The van der Waals surface area contributed by atoms with E-state index in [1.165, 1.54) is 24.3 Å². The summed E-state index contributed by atoms with van der Waals surface area (Å²) in [6.07, 6.45) is -2.09. The van der Waals surface area contributed by atoms with Crippen LogP contribution in [-0.4, -0.2) is 29.6 Å². The normalized spacial score (nSPS) is 12.0. The van der Waals surface area contributed by atoms with Crippen molar-refractivity contribution in [2.24, 2.45) is 0 Å². The molecule has 1 radical (unpaired) electrons. The molecule has 0 aliphatic carbocycles. The molecule has 3 rings (SSSR count). The number of sulfone groups is 1. The molecule has 0 aliphatic rings. The molecule has 145 valence electrons. The molecule has 0 saturated carbocycles. The second-order valence-electron chi connectivity index (χ2n) is 5.87. The molecule has 3 aromatic rings. The van der Waals surface area contributed by atoms with Gasteiger partial charge in [0.2, 0.25) is 5.95 Å². The third-order valence-electron chi connectivity index (χ3n) is 3.69. The quantitative estimate of drug-likeness (QED) is 0.647. The van der Waals surface area contributed by atoms with Crippen LogP contribution in [0.3, 0.4) is 0 Å². The van der Waals surface area contributed by atoms with Gasteiger partial charge in [-0.3, -0.25) is 4.98 Å². The van der Waals surface area contributed by atoms with Gasteiger partial charge in [-0.25, -0.2) is 23.7 Å². The number of alkyl halides is 3. The van der Waals surface area contributed by atoms with Crippen LogP contribution in [0.2, 0.25) is 0 Å². The van der Waals surface area contributed by atoms with E-state index in [1.807, 2.05) is 0 Å². The average Bonchev–Trinajstić information content (AvgIpc) is 2.66. The van der Waals surface area contributed by atoms with Crippen molar-refractivity contribution in [3.8, 4) is 11.3 Å². The largest absolute Gasteiger partial charge is 0.433 e. The molecule has 0 N–H and O–H groups in total. The van der Waals surface area contributed by atoms with Gasteiger partial charge in [0.05, 0.1) is 22.8 Å². The monoisotopic (exact) mass is 407 g/mol. The van der Waals surface area contributed by atoms with Gasteiger partial charge in [-0.05, 0) is 30.3 Å². The lowest BCUT2D eigenvalue weighted by Crippen LogP contribution is -2.12. The van der Waals surface area contributed by atoms with Crippen molar-refractivity contribution in [2.75, 3.05) is 6.26 Å². The van der Waals surface area contributed by atoms with Crippen LogP contribution in [0.25, 0.3) is 11.3 Å². The average molecular weight is 407 g/mol. The maximum Gasteiger partial charge on any atom is 0.433 e. The highest BCUT2D eigenvalue weighted by Gasteiger charge is 2.34. The lowest BCUT2D eigenvalue weighted by molar-refractivity contribution is -0.141. The van der Waals surface area contributed by atoms with E-state index in [2.05, 4.69) is 20.3 Å². The zero-order valence-corrected chi connectivity index (χ0v) is 15.4. The lowest BCUT2D eigenvalue weighted by Gasteiger charge is -2.11. The third-order valence-corrected chi connectivity index (χ3v) is 4.82. The van der Waals surface area contributed by atoms with Gasteiger partial charge in [-0.15, -0.1) is 0 Å². The predicted molar refractivity (Wildman–Crippen MR) is 95.3 cm³/mol. The van der Waals surface area contributed by atoms with Gasteiger partial charge in [0.25, 0.3) is 0 Å². The fraction of sp³-hybridized carbons (Fsp3) is 0.167. The maximum absolute atomic E-state index is 13.2. The van der Waals surface area contributed by atoms with Crippen molar-refractivity contribution in [1.29, 1.82) is 0 Å². The Kier molecular flexibility index (Phi) is 5.32. The highest BCUT2D eigenvalue weighted by Crippen LogP contribution is 2.31. The number of hydrogen-bond acceptors (Lipinski definition) is 5. The summed E-state index contributed by atoms with van der Waals surface area (Å²) in [6, 6.07) is 11.3. The van der Waals surface area contributed by atoms with Crippen molar-refractivity contribution in [1.82, 2.24) is 20.3 Å². The molecule has 1 aromatic carbocycles. The Bertz CT molecular complexity index is 1070.